The van der Waals surface area contributed by atoms with E-state index in [1.807, 2.05) is 30.3 Å². The van der Waals surface area contributed by atoms with Gasteiger partial charge in [-0.25, -0.2) is 10.0 Å². The first-order valence-corrected chi connectivity index (χ1v) is 9.40. The summed E-state index contributed by atoms with van der Waals surface area (Å²) in [4.78, 5) is 36.5. The van der Waals surface area contributed by atoms with Gasteiger partial charge in [0.2, 0.25) is 0 Å². The first kappa shape index (κ1) is 21.6. The minimum atomic E-state index is -1.54. The lowest BCUT2D eigenvalue weighted by Crippen LogP contribution is -2.42. The maximum absolute atomic E-state index is 12.5. The smallest absolute Gasteiger partial charge is 0.311 e. The molecule has 0 radical (unpaired) electrons. The van der Waals surface area contributed by atoms with E-state index in [2.05, 4.69) is 20.2 Å². The molecule has 2 atom stereocenters. The van der Waals surface area contributed by atoms with E-state index in [9.17, 15) is 14.7 Å². The number of carbonyl (C=O) groups excluding carboxylic acids is 2. The van der Waals surface area contributed by atoms with Gasteiger partial charge in [-0.05, 0) is 24.1 Å². The summed E-state index contributed by atoms with van der Waals surface area (Å²) >= 11 is 5.86. The van der Waals surface area contributed by atoms with Gasteiger partial charge in [0.05, 0.1) is 18.8 Å². The van der Waals surface area contributed by atoms with Gasteiger partial charge in [0, 0.05) is 12.4 Å². The van der Waals surface area contributed by atoms with Crippen molar-refractivity contribution in [2.24, 2.45) is 10.2 Å². The SMILES string of the molecule is CON(C)C(=O)[C@H](O)C(Cc1ccccc1)N=NC(=O)c1cc2cc(Cl)ncc2[nH]1. The molecule has 30 heavy (non-hydrogen) atoms. The molecule has 0 saturated carbocycles. The van der Waals surface area contributed by atoms with Gasteiger partial charge in [0.25, 0.3) is 5.91 Å². The Hall–Kier alpha value is -3.14. The highest BCUT2D eigenvalue weighted by Gasteiger charge is 2.29. The number of azo groups is 1. The Kier molecular flexibility index (Phi) is 6.88. The minimum Gasteiger partial charge on any atom is -0.381 e. The number of benzene rings is 1. The van der Waals surface area contributed by atoms with E-state index >= 15 is 0 Å². The molecule has 0 saturated heterocycles. The standard InChI is InChI=1S/C20H20ClN5O4/c1-26(30-2)20(29)18(27)14(8-12-6-4-3-5-7-12)24-25-19(28)15-9-13-10-17(21)22-11-16(13)23-15/h3-7,9-11,14,18,23,27H,8H2,1-2H3/t14?,18-/m1/s1. The lowest BCUT2D eigenvalue weighted by Gasteiger charge is -2.22. The topological polar surface area (TPSA) is 120 Å². The van der Waals surface area contributed by atoms with E-state index in [1.165, 1.54) is 20.4 Å². The number of aliphatic hydroxyl groups is 1. The molecule has 9 nitrogen and oxygen atoms in total. The number of nitrogens with one attached hydrogen (secondary N) is 1. The lowest BCUT2D eigenvalue weighted by molar-refractivity contribution is -0.178. The zero-order valence-corrected chi connectivity index (χ0v) is 17.1. The number of hydroxylamine groups is 2. The van der Waals surface area contributed by atoms with E-state index in [0.29, 0.717) is 16.1 Å². The van der Waals surface area contributed by atoms with Crippen LogP contribution in [0.2, 0.25) is 5.15 Å². The first-order valence-electron chi connectivity index (χ1n) is 9.02. The molecule has 0 spiro atoms. The maximum atomic E-state index is 12.5. The molecule has 2 amide bonds. The predicted molar refractivity (Wildman–Crippen MR) is 110 cm³/mol. The molecule has 10 heteroatoms. The molecule has 1 unspecified atom stereocenters. The Morgan fingerprint density at radius 3 is 2.73 bits per heavy atom. The van der Waals surface area contributed by atoms with Crippen LogP contribution in [0.5, 0.6) is 0 Å². The van der Waals surface area contributed by atoms with Gasteiger partial charge < -0.3 is 10.1 Å². The highest BCUT2D eigenvalue weighted by Crippen LogP contribution is 2.19. The first-order chi connectivity index (χ1) is 14.4. The van der Waals surface area contributed by atoms with Gasteiger partial charge in [-0.15, -0.1) is 5.11 Å². The van der Waals surface area contributed by atoms with Gasteiger partial charge in [-0.3, -0.25) is 14.4 Å². The number of hydrogen-bond donors (Lipinski definition) is 2. The van der Waals surface area contributed by atoms with E-state index in [1.54, 1.807) is 12.1 Å². The van der Waals surface area contributed by atoms with Gasteiger partial charge >= 0.3 is 5.91 Å². The molecule has 2 heterocycles. The van der Waals surface area contributed by atoms with E-state index < -0.39 is 24.0 Å². The number of aromatic amines is 1. The molecular formula is C20H20ClN5O4. The van der Waals surface area contributed by atoms with Crippen molar-refractivity contribution < 1.29 is 19.5 Å². The maximum Gasteiger partial charge on any atom is 0.311 e. The van der Waals surface area contributed by atoms with Gasteiger partial charge in [-0.2, -0.15) is 5.11 Å². The van der Waals surface area contributed by atoms with Crippen molar-refractivity contribution in [2.75, 3.05) is 14.2 Å². The van der Waals surface area contributed by atoms with Crippen LogP contribution in [-0.2, 0) is 16.1 Å². The lowest BCUT2D eigenvalue weighted by atomic mass is 10.0. The van der Waals surface area contributed by atoms with Crippen molar-refractivity contribution >= 4 is 34.3 Å². The highest BCUT2D eigenvalue weighted by molar-refractivity contribution is 6.30. The quantitative estimate of drug-likeness (QED) is 0.340. The monoisotopic (exact) mass is 429 g/mol. The van der Waals surface area contributed by atoms with Crippen LogP contribution in [0.15, 0.2) is 58.9 Å². The second kappa shape index (κ2) is 9.57. The van der Waals surface area contributed by atoms with Crippen molar-refractivity contribution in [3.8, 4) is 0 Å². The number of nitrogens with zero attached hydrogens (tertiary/aromatic N) is 4. The number of carbonyl (C=O) groups is 2. The summed E-state index contributed by atoms with van der Waals surface area (Å²) in [6.45, 7) is 0. The fraction of sp³-hybridized carbons (Fsp3) is 0.250. The Morgan fingerprint density at radius 1 is 1.30 bits per heavy atom. The number of aromatic nitrogens is 2. The molecule has 0 aliphatic carbocycles. The molecule has 0 fully saturated rings. The van der Waals surface area contributed by atoms with E-state index in [0.717, 1.165) is 10.6 Å². The third kappa shape index (κ3) is 5.07. The van der Waals surface area contributed by atoms with Crippen LogP contribution >= 0.6 is 11.6 Å². The number of aliphatic hydroxyl groups excluding tert-OH is 1. The average Bonchev–Trinajstić information content (AvgIpc) is 3.18. The van der Waals surface area contributed by atoms with Crippen LogP contribution in [0, 0.1) is 0 Å². The Balaban J connectivity index is 1.83. The zero-order chi connectivity index (χ0) is 21.7. The van der Waals surface area contributed by atoms with Gasteiger partial charge in [-0.1, -0.05) is 41.9 Å². The molecular weight excluding hydrogens is 410 g/mol. The summed E-state index contributed by atoms with van der Waals surface area (Å²) < 4.78 is 0. The fourth-order valence-corrected chi connectivity index (χ4v) is 2.98. The summed E-state index contributed by atoms with van der Waals surface area (Å²) in [6.07, 6.45) is 0.165. The summed E-state index contributed by atoms with van der Waals surface area (Å²) in [7, 11) is 2.68. The van der Waals surface area contributed by atoms with E-state index in [-0.39, 0.29) is 12.1 Å². The molecule has 156 valence electrons. The number of amides is 2. The van der Waals surface area contributed by atoms with Crippen LogP contribution in [-0.4, -0.2) is 58.3 Å². The number of likely N-dealkylation sites (N-methyl/N-ethyl adjacent to an activating group) is 1. The number of fused-ring (bicyclic) bond motifs is 1. The Bertz CT molecular complexity index is 1070. The molecule has 3 rings (SSSR count). The van der Waals surface area contributed by atoms with Crippen LogP contribution < -0.4 is 0 Å². The Labute approximate surface area is 177 Å². The fourth-order valence-electron chi connectivity index (χ4n) is 2.81. The van der Waals surface area contributed by atoms with Gasteiger partial charge in [0.15, 0.2) is 6.10 Å². The van der Waals surface area contributed by atoms with Crippen LogP contribution in [0.25, 0.3) is 10.9 Å². The molecule has 2 aromatic heterocycles. The number of H-pyrrole nitrogens is 1. The number of rotatable bonds is 7. The van der Waals surface area contributed by atoms with Crippen LogP contribution in [0.1, 0.15) is 16.1 Å². The average molecular weight is 430 g/mol. The summed E-state index contributed by atoms with van der Waals surface area (Å²) in [5.41, 5.74) is 1.63. The third-order valence-electron chi connectivity index (χ3n) is 4.49. The van der Waals surface area contributed by atoms with Gasteiger partial charge in [0.1, 0.15) is 16.9 Å². The largest absolute Gasteiger partial charge is 0.381 e. The molecule has 0 aliphatic rings. The third-order valence-corrected chi connectivity index (χ3v) is 4.70. The van der Waals surface area contributed by atoms with Crippen LogP contribution in [0.4, 0.5) is 0 Å². The molecule has 1 aromatic carbocycles. The van der Waals surface area contributed by atoms with Crippen molar-refractivity contribution in [1.29, 1.82) is 0 Å². The second-order valence-electron chi connectivity index (χ2n) is 6.52. The van der Waals surface area contributed by atoms with Crippen molar-refractivity contribution in [3.05, 3.63) is 65.1 Å². The molecule has 2 N–H and O–H groups in total. The number of hydrogen-bond acceptors (Lipinski definition) is 6. The second-order valence-corrected chi connectivity index (χ2v) is 6.91. The number of halogens is 1. The van der Waals surface area contributed by atoms with Crippen molar-refractivity contribution in [1.82, 2.24) is 15.0 Å². The zero-order valence-electron chi connectivity index (χ0n) is 16.3. The summed E-state index contributed by atoms with van der Waals surface area (Å²) in [5.74, 6) is -1.35. The van der Waals surface area contributed by atoms with Crippen molar-refractivity contribution in [3.63, 3.8) is 0 Å². The normalized spacial score (nSPS) is 13.5. The Morgan fingerprint density at radius 2 is 2.03 bits per heavy atom. The highest BCUT2D eigenvalue weighted by atomic mass is 35.5. The summed E-state index contributed by atoms with van der Waals surface area (Å²) in [6, 6.07) is 11.4. The molecule has 3 aromatic rings. The minimum absolute atomic E-state index is 0.186. The predicted octanol–water partition coefficient (Wildman–Crippen LogP) is 2.80. The summed E-state index contributed by atoms with van der Waals surface area (Å²) in [5, 5.41) is 20.1. The van der Waals surface area contributed by atoms with Crippen molar-refractivity contribution in [2.45, 2.75) is 18.6 Å². The van der Waals surface area contributed by atoms with E-state index in [4.69, 9.17) is 16.4 Å². The van der Waals surface area contributed by atoms with Crippen LogP contribution in [0.3, 0.4) is 0 Å². The molecule has 0 bridgehead atoms. The molecule has 0 aliphatic heterocycles. The number of pyridine rings is 1.